The first-order chi connectivity index (χ1) is 13.9. The molecule has 0 bridgehead atoms. The Hall–Kier alpha value is -3.49. The van der Waals surface area contributed by atoms with Gasteiger partial charge in [0.2, 0.25) is 0 Å². The number of amides is 1. The maximum absolute atomic E-state index is 13.1. The van der Waals surface area contributed by atoms with Crippen LogP contribution in [0, 0.1) is 15.9 Å². The van der Waals surface area contributed by atoms with Crippen molar-refractivity contribution in [2.45, 2.75) is 19.3 Å². The van der Waals surface area contributed by atoms with Gasteiger partial charge in [0.05, 0.1) is 10.5 Å². The number of carbonyl (C=O) groups is 2. The van der Waals surface area contributed by atoms with Crippen molar-refractivity contribution in [1.29, 1.82) is 0 Å². The molecule has 9 heteroatoms. The van der Waals surface area contributed by atoms with Crippen molar-refractivity contribution in [3.05, 3.63) is 64.0 Å². The number of esters is 1. The summed E-state index contributed by atoms with van der Waals surface area (Å²) in [4.78, 5) is 37.0. The predicted molar refractivity (Wildman–Crippen MR) is 104 cm³/mol. The monoisotopic (exact) mass is 401 g/mol. The number of benzene rings is 2. The number of halogens is 1. The van der Waals surface area contributed by atoms with Gasteiger partial charge in [-0.15, -0.1) is 0 Å². The molecule has 0 radical (unpaired) electrons. The first kappa shape index (κ1) is 20.2. The van der Waals surface area contributed by atoms with Crippen molar-refractivity contribution in [2.24, 2.45) is 0 Å². The van der Waals surface area contributed by atoms with Gasteiger partial charge in [-0.05, 0) is 49.6 Å². The van der Waals surface area contributed by atoms with Crippen molar-refractivity contribution in [1.82, 2.24) is 0 Å². The van der Waals surface area contributed by atoms with Gasteiger partial charge in [-0.1, -0.05) is 6.07 Å². The van der Waals surface area contributed by atoms with Crippen LogP contribution in [0.1, 0.15) is 29.6 Å². The van der Waals surface area contributed by atoms with Crippen LogP contribution in [0.25, 0.3) is 0 Å². The second-order valence-electron chi connectivity index (χ2n) is 6.64. The van der Waals surface area contributed by atoms with E-state index in [2.05, 4.69) is 5.32 Å². The number of ether oxygens (including phenoxy) is 1. The molecular formula is C20H20FN3O5. The Morgan fingerprint density at radius 3 is 2.59 bits per heavy atom. The highest BCUT2D eigenvalue weighted by molar-refractivity contribution is 5.96. The molecule has 0 spiro atoms. The summed E-state index contributed by atoms with van der Waals surface area (Å²) in [5, 5.41) is 13.9. The highest BCUT2D eigenvalue weighted by atomic mass is 19.1. The maximum atomic E-state index is 13.1. The molecule has 1 aliphatic rings. The molecule has 3 rings (SSSR count). The Bertz CT molecular complexity index is 928. The molecule has 2 aromatic carbocycles. The van der Waals surface area contributed by atoms with Gasteiger partial charge in [0, 0.05) is 24.8 Å². The van der Waals surface area contributed by atoms with Crippen molar-refractivity contribution in [2.75, 3.05) is 29.9 Å². The van der Waals surface area contributed by atoms with Crippen LogP contribution in [0.4, 0.5) is 21.5 Å². The summed E-state index contributed by atoms with van der Waals surface area (Å²) in [5.74, 6) is -2.02. The van der Waals surface area contributed by atoms with E-state index in [0.29, 0.717) is 5.69 Å². The molecule has 1 aliphatic heterocycles. The topological polar surface area (TPSA) is 102 Å². The van der Waals surface area contributed by atoms with Gasteiger partial charge in [-0.2, -0.15) is 0 Å². The first-order valence-corrected chi connectivity index (χ1v) is 9.20. The minimum Gasteiger partial charge on any atom is -0.452 e. The molecule has 29 heavy (non-hydrogen) atoms. The average Bonchev–Trinajstić information content (AvgIpc) is 2.72. The summed E-state index contributed by atoms with van der Waals surface area (Å²) in [6.07, 6.45) is 3.01. The zero-order valence-electron chi connectivity index (χ0n) is 15.6. The number of carbonyl (C=O) groups excluding carboxylic acids is 2. The van der Waals surface area contributed by atoms with Crippen LogP contribution in [0.3, 0.4) is 0 Å². The van der Waals surface area contributed by atoms with E-state index in [9.17, 15) is 24.1 Å². The summed E-state index contributed by atoms with van der Waals surface area (Å²) in [7, 11) is 0. The fourth-order valence-corrected chi connectivity index (χ4v) is 3.18. The summed E-state index contributed by atoms with van der Waals surface area (Å²) >= 11 is 0. The van der Waals surface area contributed by atoms with Crippen LogP contribution in [0.15, 0.2) is 42.5 Å². The Morgan fingerprint density at radius 1 is 1.14 bits per heavy atom. The maximum Gasteiger partial charge on any atom is 0.338 e. The van der Waals surface area contributed by atoms with Gasteiger partial charge >= 0.3 is 5.97 Å². The Labute approximate surface area is 166 Å². The number of nitrogens with one attached hydrogen (secondary N) is 1. The van der Waals surface area contributed by atoms with Gasteiger partial charge in [-0.3, -0.25) is 14.9 Å². The van der Waals surface area contributed by atoms with Crippen LogP contribution in [-0.4, -0.2) is 36.5 Å². The fourth-order valence-electron chi connectivity index (χ4n) is 3.18. The fraction of sp³-hybridized carbons (Fsp3) is 0.300. The Morgan fingerprint density at radius 2 is 1.90 bits per heavy atom. The average molecular weight is 401 g/mol. The van der Waals surface area contributed by atoms with Crippen LogP contribution in [0.5, 0.6) is 0 Å². The van der Waals surface area contributed by atoms with Gasteiger partial charge in [0.25, 0.3) is 11.6 Å². The van der Waals surface area contributed by atoms with E-state index >= 15 is 0 Å². The zero-order valence-corrected chi connectivity index (χ0v) is 15.6. The highest BCUT2D eigenvalue weighted by Crippen LogP contribution is 2.31. The highest BCUT2D eigenvalue weighted by Gasteiger charge is 2.23. The van der Waals surface area contributed by atoms with Gasteiger partial charge in [0.15, 0.2) is 6.61 Å². The molecule has 1 fully saturated rings. The van der Waals surface area contributed by atoms with E-state index < -0.39 is 29.2 Å². The van der Waals surface area contributed by atoms with Crippen LogP contribution < -0.4 is 10.2 Å². The van der Waals surface area contributed by atoms with Crippen LogP contribution >= 0.6 is 0 Å². The number of hydrogen-bond donors (Lipinski definition) is 1. The molecule has 0 aliphatic carbocycles. The lowest BCUT2D eigenvalue weighted by atomic mass is 10.1. The Kier molecular flexibility index (Phi) is 6.38. The van der Waals surface area contributed by atoms with E-state index in [1.807, 2.05) is 4.90 Å². The second-order valence-corrected chi connectivity index (χ2v) is 6.64. The van der Waals surface area contributed by atoms with Gasteiger partial charge in [-0.25, -0.2) is 9.18 Å². The molecule has 1 heterocycles. The van der Waals surface area contributed by atoms with Crippen molar-refractivity contribution < 1.29 is 23.6 Å². The molecule has 2 aromatic rings. The van der Waals surface area contributed by atoms with E-state index in [0.717, 1.165) is 44.5 Å². The predicted octanol–water partition coefficient (Wildman–Crippen LogP) is 3.52. The van der Waals surface area contributed by atoms with Crippen molar-refractivity contribution >= 4 is 28.9 Å². The summed E-state index contributed by atoms with van der Waals surface area (Å²) in [6, 6.07) is 9.43. The van der Waals surface area contributed by atoms with Crippen molar-refractivity contribution in [3.8, 4) is 0 Å². The third-order valence-electron chi connectivity index (χ3n) is 4.55. The van der Waals surface area contributed by atoms with Gasteiger partial charge in [0.1, 0.15) is 11.5 Å². The molecular weight excluding hydrogens is 381 g/mol. The molecule has 8 nitrogen and oxygen atoms in total. The molecule has 0 saturated carbocycles. The third kappa shape index (κ3) is 5.28. The smallest absolute Gasteiger partial charge is 0.338 e. The zero-order chi connectivity index (χ0) is 20.8. The number of piperidine rings is 1. The molecule has 0 aromatic heterocycles. The van der Waals surface area contributed by atoms with Crippen LogP contribution in [0.2, 0.25) is 0 Å². The molecule has 0 unspecified atom stereocenters. The minimum atomic E-state index is -0.854. The van der Waals surface area contributed by atoms with E-state index in [1.54, 1.807) is 0 Å². The minimum absolute atomic E-state index is 0.0176. The lowest BCUT2D eigenvalue weighted by Crippen LogP contribution is -2.30. The van der Waals surface area contributed by atoms with Gasteiger partial charge < -0.3 is 15.0 Å². The quantitative estimate of drug-likeness (QED) is 0.451. The summed E-state index contributed by atoms with van der Waals surface area (Å²) in [6.45, 7) is 0.854. The second kappa shape index (κ2) is 9.13. The van der Waals surface area contributed by atoms with Crippen molar-refractivity contribution in [3.63, 3.8) is 0 Å². The molecule has 1 N–H and O–H groups in total. The van der Waals surface area contributed by atoms with Crippen LogP contribution in [-0.2, 0) is 9.53 Å². The van der Waals surface area contributed by atoms with E-state index in [-0.39, 0.29) is 16.9 Å². The standard InChI is InChI=1S/C20H20FN3O5/c21-15-5-4-6-16(12-15)22-19(25)13-29-20(26)14-7-8-17(18(11-14)24(27)28)23-9-2-1-3-10-23/h4-8,11-12H,1-3,9-10,13H2,(H,22,25). The first-order valence-electron chi connectivity index (χ1n) is 9.20. The molecule has 152 valence electrons. The number of nitro benzene ring substituents is 1. The number of rotatable bonds is 6. The summed E-state index contributed by atoms with van der Waals surface area (Å²) in [5.41, 5.74) is 0.504. The summed E-state index contributed by atoms with van der Waals surface area (Å²) < 4.78 is 18.1. The Balaban J connectivity index is 1.64. The SMILES string of the molecule is O=C(COC(=O)c1ccc(N2CCCCC2)c([N+](=O)[O-])c1)Nc1cccc(F)c1. The number of hydrogen-bond acceptors (Lipinski definition) is 6. The van der Waals surface area contributed by atoms with E-state index in [1.165, 1.54) is 30.3 Å². The number of nitro groups is 1. The molecule has 1 amide bonds. The molecule has 1 saturated heterocycles. The lowest BCUT2D eigenvalue weighted by molar-refractivity contribution is -0.384. The number of anilines is 2. The van der Waals surface area contributed by atoms with E-state index in [4.69, 9.17) is 4.74 Å². The largest absolute Gasteiger partial charge is 0.452 e. The third-order valence-corrected chi connectivity index (χ3v) is 4.55. The lowest BCUT2D eigenvalue weighted by Gasteiger charge is -2.28. The number of nitrogens with zero attached hydrogens (tertiary/aromatic N) is 2. The molecule has 0 atom stereocenters. The normalized spacial score (nSPS) is 13.6.